The number of nitrogens with one attached hydrogen (secondary N) is 2. The summed E-state index contributed by atoms with van der Waals surface area (Å²) in [6, 6.07) is 12.4. The van der Waals surface area contributed by atoms with Gasteiger partial charge in [0.1, 0.15) is 11.5 Å². The van der Waals surface area contributed by atoms with Gasteiger partial charge in [0, 0.05) is 17.1 Å². The van der Waals surface area contributed by atoms with Crippen LogP contribution in [0.15, 0.2) is 42.5 Å². The number of benzene rings is 2. The van der Waals surface area contributed by atoms with E-state index in [4.69, 9.17) is 21.1 Å². The fourth-order valence-corrected chi connectivity index (χ4v) is 2.57. The lowest BCUT2D eigenvalue weighted by atomic mass is 10.1. The van der Waals surface area contributed by atoms with Crippen LogP contribution in [0.2, 0.25) is 5.02 Å². The lowest BCUT2D eigenvalue weighted by Gasteiger charge is -2.20. The third-order valence-corrected chi connectivity index (χ3v) is 4.18. The van der Waals surface area contributed by atoms with Crippen molar-refractivity contribution in [1.82, 2.24) is 5.32 Å². The number of amides is 1. The molecule has 0 saturated carbocycles. The zero-order chi connectivity index (χ0) is 18.4. The molecule has 0 saturated heterocycles. The second-order valence-electron chi connectivity index (χ2n) is 5.72. The number of halogens is 1. The summed E-state index contributed by atoms with van der Waals surface area (Å²) in [5.41, 5.74) is 1.66. The highest BCUT2D eigenvalue weighted by Gasteiger charge is 2.18. The maximum atomic E-state index is 12.5. The van der Waals surface area contributed by atoms with Crippen molar-refractivity contribution >= 4 is 23.2 Å². The van der Waals surface area contributed by atoms with Crippen LogP contribution in [0.4, 0.5) is 5.69 Å². The van der Waals surface area contributed by atoms with Gasteiger partial charge in [0.25, 0.3) is 0 Å². The van der Waals surface area contributed by atoms with Crippen molar-refractivity contribution in [3.63, 3.8) is 0 Å². The van der Waals surface area contributed by atoms with Gasteiger partial charge in [0.05, 0.1) is 25.9 Å². The number of carbonyl (C=O) groups excluding carboxylic acids is 1. The fourth-order valence-electron chi connectivity index (χ4n) is 2.44. The molecule has 0 aliphatic carbocycles. The largest absolute Gasteiger partial charge is 0.497 e. The highest BCUT2D eigenvalue weighted by Crippen LogP contribution is 2.29. The standard InChI is InChI=1S/C19H23ClN2O3/c1-12(14-5-7-15(20)8-6-14)21-13(2)19(23)22-17-10-9-16(24-3)11-18(17)25-4/h5-13,21H,1-4H3,(H,22,23). The minimum Gasteiger partial charge on any atom is -0.497 e. The van der Waals surface area contributed by atoms with Crippen LogP contribution in [0.25, 0.3) is 0 Å². The molecular weight excluding hydrogens is 340 g/mol. The molecule has 2 aromatic carbocycles. The molecule has 0 spiro atoms. The molecule has 6 heteroatoms. The van der Waals surface area contributed by atoms with E-state index in [2.05, 4.69) is 10.6 Å². The van der Waals surface area contributed by atoms with Gasteiger partial charge in [-0.3, -0.25) is 10.1 Å². The van der Waals surface area contributed by atoms with Crippen LogP contribution in [0.3, 0.4) is 0 Å². The molecule has 0 radical (unpaired) electrons. The van der Waals surface area contributed by atoms with Crippen LogP contribution >= 0.6 is 11.6 Å². The predicted octanol–water partition coefficient (Wildman–Crippen LogP) is 4.04. The van der Waals surface area contributed by atoms with Crippen LogP contribution in [-0.2, 0) is 4.79 Å². The molecule has 0 aliphatic heterocycles. The second kappa shape index (κ2) is 8.74. The van der Waals surface area contributed by atoms with Crippen LogP contribution in [0.5, 0.6) is 11.5 Å². The third-order valence-electron chi connectivity index (χ3n) is 3.93. The molecule has 2 atom stereocenters. The van der Waals surface area contributed by atoms with E-state index in [9.17, 15) is 4.79 Å². The number of rotatable bonds is 7. The highest BCUT2D eigenvalue weighted by molar-refractivity contribution is 6.30. The molecular formula is C19H23ClN2O3. The summed E-state index contributed by atoms with van der Waals surface area (Å²) in [5, 5.41) is 6.84. The van der Waals surface area contributed by atoms with Gasteiger partial charge >= 0.3 is 0 Å². The first-order valence-corrected chi connectivity index (χ1v) is 8.36. The quantitative estimate of drug-likeness (QED) is 0.780. The van der Waals surface area contributed by atoms with Crippen LogP contribution in [0.1, 0.15) is 25.5 Å². The van der Waals surface area contributed by atoms with E-state index in [1.165, 1.54) is 0 Å². The molecule has 2 rings (SSSR count). The Labute approximate surface area is 153 Å². The van der Waals surface area contributed by atoms with Gasteiger partial charge in [-0.2, -0.15) is 0 Å². The van der Waals surface area contributed by atoms with Gasteiger partial charge < -0.3 is 14.8 Å². The molecule has 25 heavy (non-hydrogen) atoms. The minimum atomic E-state index is -0.391. The molecule has 134 valence electrons. The van der Waals surface area contributed by atoms with Gasteiger partial charge in [-0.15, -0.1) is 0 Å². The number of ether oxygens (including phenoxy) is 2. The SMILES string of the molecule is COc1ccc(NC(=O)C(C)NC(C)c2ccc(Cl)cc2)c(OC)c1. The van der Waals surface area contributed by atoms with Gasteiger partial charge in [-0.05, 0) is 43.7 Å². The first-order chi connectivity index (χ1) is 11.9. The Balaban J connectivity index is 2.01. The first kappa shape index (κ1) is 19.1. The zero-order valence-electron chi connectivity index (χ0n) is 14.8. The number of carbonyl (C=O) groups is 1. The summed E-state index contributed by atoms with van der Waals surface area (Å²) in [6.07, 6.45) is 0. The molecule has 2 N–H and O–H groups in total. The molecule has 0 heterocycles. The van der Waals surface area contributed by atoms with E-state index in [1.807, 2.05) is 38.1 Å². The van der Waals surface area contributed by atoms with Crippen molar-refractivity contribution < 1.29 is 14.3 Å². The maximum Gasteiger partial charge on any atom is 0.241 e. The molecule has 5 nitrogen and oxygen atoms in total. The van der Waals surface area contributed by atoms with Crippen LogP contribution in [-0.4, -0.2) is 26.2 Å². The van der Waals surface area contributed by atoms with E-state index >= 15 is 0 Å². The van der Waals surface area contributed by atoms with Gasteiger partial charge in [0.15, 0.2) is 0 Å². The minimum absolute atomic E-state index is 0.00998. The number of hydrogen-bond donors (Lipinski definition) is 2. The van der Waals surface area contributed by atoms with Gasteiger partial charge in [0.2, 0.25) is 5.91 Å². The summed E-state index contributed by atoms with van der Waals surface area (Å²) in [7, 11) is 3.13. The van der Waals surface area contributed by atoms with Crippen molar-refractivity contribution in [2.45, 2.75) is 25.9 Å². The highest BCUT2D eigenvalue weighted by atomic mass is 35.5. The van der Waals surface area contributed by atoms with E-state index in [-0.39, 0.29) is 11.9 Å². The lowest BCUT2D eigenvalue weighted by molar-refractivity contribution is -0.117. The van der Waals surface area contributed by atoms with Crippen molar-refractivity contribution in [2.75, 3.05) is 19.5 Å². The molecule has 0 fully saturated rings. The fraction of sp³-hybridized carbons (Fsp3) is 0.316. The maximum absolute atomic E-state index is 12.5. The summed E-state index contributed by atoms with van der Waals surface area (Å²) in [4.78, 5) is 12.5. The van der Waals surface area contributed by atoms with Gasteiger partial charge in [-0.1, -0.05) is 23.7 Å². The van der Waals surface area contributed by atoms with Crippen LogP contribution in [0, 0.1) is 0 Å². The Morgan fingerprint density at radius 3 is 2.32 bits per heavy atom. The van der Waals surface area contributed by atoms with E-state index < -0.39 is 6.04 Å². The predicted molar refractivity (Wildman–Crippen MR) is 101 cm³/mol. The van der Waals surface area contributed by atoms with Crippen molar-refractivity contribution in [2.24, 2.45) is 0 Å². The van der Waals surface area contributed by atoms with Gasteiger partial charge in [-0.25, -0.2) is 0 Å². The van der Waals surface area contributed by atoms with Crippen molar-refractivity contribution in [3.05, 3.63) is 53.1 Å². The number of methoxy groups -OCH3 is 2. The summed E-state index contributed by atoms with van der Waals surface area (Å²) in [5.74, 6) is 1.06. The van der Waals surface area contributed by atoms with E-state index in [0.29, 0.717) is 22.2 Å². The second-order valence-corrected chi connectivity index (χ2v) is 6.15. The molecule has 2 aromatic rings. The third kappa shape index (κ3) is 5.11. The zero-order valence-corrected chi connectivity index (χ0v) is 15.6. The topological polar surface area (TPSA) is 59.6 Å². The number of hydrogen-bond acceptors (Lipinski definition) is 4. The molecule has 1 amide bonds. The van der Waals surface area contributed by atoms with Crippen molar-refractivity contribution in [1.29, 1.82) is 0 Å². The monoisotopic (exact) mass is 362 g/mol. The normalized spacial score (nSPS) is 13.0. The van der Waals surface area contributed by atoms with E-state index in [1.54, 1.807) is 32.4 Å². The van der Waals surface area contributed by atoms with Crippen molar-refractivity contribution in [3.8, 4) is 11.5 Å². The van der Waals surface area contributed by atoms with E-state index in [0.717, 1.165) is 5.56 Å². The molecule has 2 unspecified atom stereocenters. The molecule has 0 aromatic heterocycles. The Hall–Kier alpha value is -2.24. The number of anilines is 1. The Morgan fingerprint density at radius 2 is 1.72 bits per heavy atom. The summed E-state index contributed by atoms with van der Waals surface area (Å²) >= 11 is 5.91. The average molecular weight is 363 g/mol. The Kier molecular flexibility index (Phi) is 6.67. The Bertz CT molecular complexity index is 719. The Morgan fingerprint density at radius 1 is 1.04 bits per heavy atom. The van der Waals surface area contributed by atoms with Crippen LogP contribution < -0.4 is 20.1 Å². The summed E-state index contributed by atoms with van der Waals surface area (Å²) < 4.78 is 10.5. The first-order valence-electron chi connectivity index (χ1n) is 7.99. The molecule has 0 bridgehead atoms. The summed E-state index contributed by atoms with van der Waals surface area (Å²) in [6.45, 7) is 3.82. The molecule has 0 aliphatic rings. The average Bonchev–Trinajstić information content (AvgIpc) is 2.62. The lowest BCUT2D eigenvalue weighted by Crippen LogP contribution is -2.39. The smallest absolute Gasteiger partial charge is 0.241 e.